The van der Waals surface area contributed by atoms with E-state index in [1.165, 1.54) is 0 Å². The van der Waals surface area contributed by atoms with Crippen molar-refractivity contribution in [1.29, 1.82) is 0 Å². The molecule has 0 radical (unpaired) electrons. The van der Waals surface area contributed by atoms with Crippen LogP contribution >= 0.6 is 0 Å². The highest BCUT2D eigenvalue weighted by atomic mass is 16.5. The summed E-state index contributed by atoms with van der Waals surface area (Å²) in [6.07, 6.45) is 3.33. The summed E-state index contributed by atoms with van der Waals surface area (Å²) in [7, 11) is 1.65. The van der Waals surface area contributed by atoms with E-state index in [0.29, 0.717) is 6.54 Å². The predicted octanol–water partition coefficient (Wildman–Crippen LogP) is 2.24. The fraction of sp³-hybridized carbons (Fsp3) is 0.308. The molecule has 1 aromatic heterocycles. The maximum Gasteiger partial charge on any atom is 0.194 e. The Morgan fingerprint density at radius 2 is 2.29 bits per heavy atom. The van der Waals surface area contributed by atoms with Gasteiger partial charge in [-0.2, -0.15) is 0 Å². The summed E-state index contributed by atoms with van der Waals surface area (Å²) in [4.78, 5) is 4.42. The number of hydrogen-bond donors (Lipinski definition) is 1. The lowest BCUT2D eigenvalue weighted by molar-refractivity contribution is 0.415. The van der Waals surface area contributed by atoms with Crippen molar-refractivity contribution < 1.29 is 9.15 Å². The van der Waals surface area contributed by atoms with Gasteiger partial charge in [-0.3, -0.25) is 0 Å². The van der Waals surface area contributed by atoms with Crippen molar-refractivity contribution in [1.82, 2.24) is 4.98 Å². The van der Waals surface area contributed by atoms with E-state index in [4.69, 9.17) is 14.9 Å². The van der Waals surface area contributed by atoms with Crippen molar-refractivity contribution in [3.8, 4) is 17.0 Å². The van der Waals surface area contributed by atoms with Crippen LogP contribution < -0.4 is 10.5 Å². The molecule has 1 heterocycles. The van der Waals surface area contributed by atoms with Crippen molar-refractivity contribution in [2.45, 2.75) is 12.8 Å². The number of benzene rings is 1. The highest BCUT2D eigenvalue weighted by molar-refractivity contribution is 5.60. The lowest BCUT2D eigenvalue weighted by Crippen LogP contribution is -2.00. The van der Waals surface area contributed by atoms with Crippen LogP contribution in [0.2, 0.25) is 0 Å². The number of nitrogens with two attached hydrogens (primary N) is 1. The zero-order valence-corrected chi connectivity index (χ0v) is 9.85. The molecule has 0 fully saturated rings. The second kappa shape index (κ2) is 5.50. The number of aromatic nitrogens is 1. The average Bonchev–Trinajstić information content (AvgIpc) is 2.85. The number of nitrogens with zero attached hydrogens (tertiary/aromatic N) is 1. The fourth-order valence-electron chi connectivity index (χ4n) is 1.59. The Bertz CT molecular complexity index is 480. The van der Waals surface area contributed by atoms with Gasteiger partial charge in [0.15, 0.2) is 5.89 Å². The van der Waals surface area contributed by atoms with E-state index in [0.717, 1.165) is 35.7 Å². The van der Waals surface area contributed by atoms with Gasteiger partial charge >= 0.3 is 0 Å². The summed E-state index contributed by atoms with van der Waals surface area (Å²) in [6.45, 7) is 0.650. The first-order valence-electron chi connectivity index (χ1n) is 5.62. The molecule has 4 heteroatoms. The van der Waals surface area contributed by atoms with E-state index >= 15 is 0 Å². The summed E-state index contributed by atoms with van der Waals surface area (Å²) in [5.41, 5.74) is 7.27. The van der Waals surface area contributed by atoms with Crippen LogP contribution in [-0.2, 0) is 6.42 Å². The normalized spacial score (nSPS) is 10.5. The lowest BCUT2D eigenvalue weighted by atomic mass is 10.1. The smallest absolute Gasteiger partial charge is 0.194 e. The van der Waals surface area contributed by atoms with Crippen molar-refractivity contribution >= 4 is 0 Å². The topological polar surface area (TPSA) is 61.3 Å². The minimum atomic E-state index is 0.650. The molecule has 4 nitrogen and oxygen atoms in total. The SMILES string of the molecule is COc1cccc(-c2coc(CCCN)n2)c1. The maximum atomic E-state index is 5.45. The Morgan fingerprint density at radius 1 is 1.41 bits per heavy atom. The quantitative estimate of drug-likeness (QED) is 0.858. The molecule has 90 valence electrons. The zero-order chi connectivity index (χ0) is 12.1. The first-order chi connectivity index (χ1) is 8.33. The molecule has 2 aromatic rings. The Labute approximate surface area is 100 Å². The van der Waals surface area contributed by atoms with Gasteiger partial charge in [-0.15, -0.1) is 0 Å². The molecule has 0 atom stereocenters. The van der Waals surface area contributed by atoms with Crippen molar-refractivity contribution in [2.24, 2.45) is 5.73 Å². The highest BCUT2D eigenvalue weighted by Crippen LogP contribution is 2.23. The molecule has 2 rings (SSSR count). The highest BCUT2D eigenvalue weighted by Gasteiger charge is 2.06. The van der Waals surface area contributed by atoms with Crippen LogP contribution in [0, 0.1) is 0 Å². The van der Waals surface area contributed by atoms with E-state index in [1.54, 1.807) is 13.4 Å². The average molecular weight is 232 g/mol. The van der Waals surface area contributed by atoms with Gasteiger partial charge in [-0.25, -0.2) is 4.98 Å². The molecule has 0 saturated heterocycles. The van der Waals surface area contributed by atoms with E-state index in [-0.39, 0.29) is 0 Å². The van der Waals surface area contributed by atoms with Crippen LogP contribution in [0.5, 0.6) is 5.75 Å². The van der Waals surface area contributed by atoms with Crippen molar-refractivity contribution in [3.05, 3.63) is 36.4 Å². The van der Waals surface area contributed by atoms with E-state index in [1.807, 2.05) is 24.3 Å². The summed E-state index contributed by atoms with van der Waals surface area (Å²) < 4.78 is 10.6. The lowest BCUT2D eigenvalue weighted by Gasteiger charge is -2.00. The van der Waals surface area contributed by atoms with Gasteiger partial charge in [0.1, 0.15) is 17.7 Å². The third kappa shape index (κ3) is 2.85. The first kappa shape index (κ1) is 11.7. The van der Waals surface area contributed by atoms with Crippen LogP contribution in [0.4, 0.5) is 0 Å². The second-order valence-corrected chi connectivity index (χ2v) is 3.75. The van der Waals surface area contributed by atoms with Crippen LogP contribution in [0.15, 0.2) is 34.9 Å². The predicted molar refractivity (Wildman–Crippen MR) is 65.9 cm³/mol. The molecule has 1 aromatic carbocycles. The van der Waals surface area contributed by atoms with Gasteiger partial charge in [0.05, 0.1) is 7.11 Å². The molecular formula is C13H16N2O2. The van der Waals surface area contributed by atoms with Crippen molar-refractivity contribution in [3.63, 3.8) is 0 Å². The summed E-state index contributed by atoms with van der Waals surface area (Å²) in [5, 5.41) is 0. The zero-order valence-electron chi connectivity index (χ0n) is 9.85. The standard InChI is InChI=1S/C13H16N2O2/c1-16-11-5-2-4-10(8-11)12-9-17-13(15-12)6-3-7-14/h2,4-5,8-9H,3,6-7,14H2,1H3. The molecule has 0 aliphatic rings. The Morgan fingerprint density at radius 3 is 3.06 bits per heavy atom. The van der Waals surface area contributed by atoms with E-state index < -0.39 is 0 Å². The molecule has 0 saturated carbocycles. The van der Waals surface area contributed by atoms with Crippen LogP contribution in [0.25, 0.3) is 11.3 Å². The molecule has 0 amide bonds. The number of aryl methyl sites for hydroxylation is 1. The van der Waals surface area contributed by atoms with Crippen molar-refractivity contribution in [2.75, 3.05) is 13.7 Å². The van der Waals surface area contributed by atoms with Gasteiger partial charge in [0.25, 0.3) is 0 Å². The largest absolute Gasteiger partial charge is 0.497 e. The van der Waals surface area contributed by atoms with E-state index in [2.05, 4.69) is 4.98 Å². The van der Waals surface area contributed by atoms with Crippen LogP contribution in [-0.4, -0.2) is 18.6 Å². The van der Waals surface area contributed by atoms with E-state index in [9.17, 15) is 0 Å². The van der Waals surface area contributed by atoms with Gasteiger partial charge in [-0.1, -0.05) is 12.1 Å². The third-order valence-electron chi connectivity index (χ3n) is 2.51. The molecule has 17 heavy (non-hydrogen) atoms. The molecule has 0 aliphatic carbocycles. The molecular weight excluding hydrogens is 216 g/mol. The maximum absolute atomic E-state index is 5.45. The van der Waals surface area contributed by atoms with Gasteiger partial charge in [0, 0.05) is 12.0 Å². The number of hydrogen-bond acceptors (Lipinski definition) is 4. The summed E-state index contributed by atoms with van der Waals surface area (Å²) in [6, 6.07) is 7.75. The molecule has 0 unspecified atom stereocenters. The molecule has 0 spiro atoms. The minimum absolute atomic E-state index is 0.650. The summed E-state index contributed by atoms with van der Waals surface area (Å²) in [5.74, 6) is 1.54. The first-order valence-corrected chi connectivity index (χ1v) is 5.62. The number of rotatable bonds is 5. The molecule has 0 bridgehead atoms. The molecule has 0 aliphatic heterocycles. The number of methoxy groups -OCH3 is 1. The Hall–Kier alpha value is -1.81. The van der Waals surface area contributed by atoms with Gasteiger partial charge in [0.2, 0.25) is 0 Å². The Kier molecular flexibility index (Phi) is 3.77. The van der Waals surface area contributed by atoms with Crippen LogP contribution in [0.3, 0.4) is 0 Å². The number of oxazole rings is 1. The second-order valence-electron chi connectivity index (χ2n) is 3.75. The third-order valence-corrected chi connectivity index (χ3v) is 2.51. The van der Waals surface area contributed by atoms with Crippen LogP contribution in [0.1, 0.15) is 12.3 Å². The fourth-order valence-corrected chi connectivity index (χ4v) is 1.59. The minimum Gasteiger partial charge on any atom is -0.497 e. The van der Waals surface area contributed by atoms with Gasteiger partial charge < -0.3 is 14.9 Å². The molecule has 2 N–H and O–H groups in total. The number of ether oxygens (including phenoxy) is 1. The monoisotopic (exact) mass is 232 g/mol. The Balaban J connectivity index is 2.18. The van der Waals surface area contributed by atoms with Gasteiger partial charge in [-0.05, 0) is 25.1 Å². The summed E-state index contributed by atoms with van der Waals surface area (Å²) >= 11 is 0.